The van der Waals surface area contributed by atoms with E-state index in [-0.39, 0.29) is 10.8 Å². The van der Waals surface area contributed by atoms with Crippen LogP contribution in [0.3, 0.4) is 0 Å². The standard InChI is InChI=1S/C96H53N3O4/c1-95(2)71-26-9-5-16-49(71)61-37-63-69-34-47(60-39-80-88(94-86(60)57-19-8-12-29-83(57)102-94)59-25-15-24-58-87-75(97(80)90(58)59)33-32-56-51-17-6-11-28-82(51)101-93(56)87)35-70-64-38-62-50-31-30-46(36-72(50)96(3,4)74(62)45-79(64)99(91(69)70)78(63)44-73(61)95)48-20-13-23-55-68-41-77-66(43-85(68)103-92(48)55)54-22-14-21-53-65-42-84-67(40-76(65)98(77)89(53)54)52-18-7-10-27-81(52)100-84/h5-45H,1-4H3. The zero-order valence-electron chi connectivity index (χ0n) is 56.1. The fourth-order valence-electron chi connectivity index (χ4n) is 20.8. The van der Waals surface area contributed by atoms with Crippen molar-refractivity contribution in [1.29, 1.82) is 0 Å². The number of rotatable bonds is 2. The molecule has 7 heteroatoms. The third kappa shape index (κ3) is 5.99. The molecule has 0 saturated carbocycles. The molecule has 0 bridgehead atoms. The molecule has 25 aromatic rings. The number of furan rings is 4. The van der Waals surface area contributed by atoms with Gasteiger partial charge in [0, 0.05) is 113 Å². The van der Waals surface area contributed by atoms with Gasteiger partial charge in [-0.25, -0.2) is 0 Å². The molecule has 7 nitrogen and oxygen atoms in total. The number of aromatic nitrogens is 3. The van der Waals surface area contributed by atoms with Gasteiger partial charge in [0.2, 0.25) is 0 Å². The smallest absolute Gasteiger partial charge is 0.146 e. The minimum absolute atomic E-state index is 0.194. The van der Waals surface area contributed by atoms with Gasteiger partial charge in [-0.3, -0.25) is 0 Å². The highest BCUT2D eigenvalue weighted by molar-refractivity contribution is 6.36. The molecule has 476 valence electrons. The Morgan fingerprint density at radius 1 is 0.214 bits per heavy atom. The van der Waals surface area contributed by atoms with Gasteiger partial charge in [-0.05, 0) is 164 Å². The molecular formula is C96H53N3O4. The summed E-state index contributed by atoms with van der Waals surface area (Å²) < 4.78 is 35.4. The number of fused-ring (bicyclic) bond motifs is 38. The average Bonchev–Trinajstić information content (AvgIpc) is 1.52. The topological polar surface area (TPSA) is 65.8 Å². The van der Waals surface area contributed by atoms with Gasteiger partial charge in [-0.1, -0.05) is 173 Å². The number of benzene rings is 15. The van der Waals surface area contributed by atoms with Crippen LogP contribution in [0.15, 0.2) is 266 Å². The van der Waals surface area contributed by atoms with E-state index in [0.717, 1.165) is 132 Å². The quantitative estimate of drug-likeness (QED) is 0.173. The third-order valence-corrected chi connectivity index (χ3v) is 25.4. The van der Waals surface area contributed by atoms with Gasteiger partial charge in [0.1, 0.15) is 44.7 Å². The van der Waals surface area contributed by atoms with Crippen molar-refractivity contribution in [3.63, 3.8) is 0 Å². The van der Waals surface area contributed by atoms with Crippen molar-refractivity contribution in [3.05, 3.63) is 271 Å². The highest BCUT2D eigenvalue weighted by Gasteiger charge is 2.40. The van der Waals surface area contributed by atoms with Crippen molar-refractivity contribution in [2.75, 3.05) is 0 Å². The summed E-state index contributed by atoms with van der Waals surface area (Å²) in [5.74, 6) is 0. The Labute approximate surface area is 583 Å². The molecule has 10 heterocycles. The molecule has 2 aliphatic carbocycles. The van der Waals surface area contributed by atoms with Crippen molar-refractivity contribution in [2.45, 2.75) is 38.5 Å². The first kappa shape index (κ1) is 52.9. The predicted molar refractivity (Wildman–Crippen MR) is 426 cm³/mol. The highest BCUT2D eigenvalue weighted by atomic mass is 16.3. The van der Waals surface area contributed by atoms with Crippen LogP contribution in [0.5, 0.6) is 0 Å². The molecular weight excluding hydrogens is 1260 g/mol. The highest BCUT2D eigenvalue weighted by Crippen LogP contribution is 2.58. The van der Waals surface area contributed by atoms with E-state index in [9.17, 15) is 0 Å². The van der Waals surface area contributed by atoms with Gasteiger partial charge >= 0.3 is 0 Å². The van der Waals surface area contributed by atoms with E-state index in [0.29, 0.717) is 0 Å². The van der Waals surface area contributed by atoms with Crippen LogP contribution in [-0.4, -0.2) is 13.2 Å². The maximum Gasteiger partial charge on any atom is 0.146 e. The van der Waals surface area contributed by atoms with Gasteiger partial charge in [0.05, 0.1) is 60.4 Å². The molecule has 103 heavy (non-hydrogen) atoms. The second-order valence-corrected chi connectivity index (χ2v) is 30.9. The van der Waals surface area contributed by atoms with Crippen LogP contribution in [0.25, 0.3) is 247 Å². The fraction of sp³-hybridized carbons (Fsp3) is 0.0625. The summed E-state index contributed by atoms with van der Waals surface area (Å²) in [4.78, 5) is 0. The Hall–Kier alpha value is -13.1. The fourth-order valence-corrected chi connectivity index (χ4v) is 20.8. The van der Waals surface area contributed by atoms with Crippen LogP contribution < -0.4 is 0 Å². The van der Waals surface area contributed by atoms with Crippen LogP contribution in [0.4, 0.5) is 0 Å². The lowest BCUT2D eigenvalue weighted by molar-refractivity contribution is 0.660. The summed E-state index contributed by atoms with van der Waals surface area (Å²) in [5.41, 5.74) is 32.4. The first-order valence-electron chi connectivity index (χ1n) is 35.9. The first-order valence-corrected chi connectivity index (χ1v) is 35.9. The van der Waals surface area contributed by atoms with Crippen LogP contribution in [0.2, 0.25) is 0 Å². The van der Waals surface area contributed by atoms with Gasteiger partial charge < -0.3 is 30.9 Å². The normalized spacial score (nSPS) is 14.6. The number of para-hydroxylation sites is 6. The van der Waals surface area contributed by atoms with E-state index in [4.69, 9.17) is 17.7 Å². The van der Waals surface area contributed by atoms with Gasteiger partial charge in [0.15, 0.2) is 0 Å². The van der Waals surface area contributed by atoms with E-state index in [1.54, 1.807) is 0 Å². The molecule has 0 fully saturated rings. The molecule has 0 aliphatic heterocycles. The first-order chi connectivity index (χ1) is 50.6. The van der Waals surface area contributed by atoms with Crippen molar-refractivity contribution < 1.29 is 17.7 Å². The maximum atomic E-state index is 7.27. The van der Waals surface area contributed by atoms with E-state index >= 15 is 0 Å². The lowest BCUT2D eigenvalue weighted by Gasteiger charge is -2.22. The summed E-state index contributed by atoms with van der Waals surface area (Å²) in [6, 6.07) is 93.4. The Kier molecular flexibility index (Phi) is 8.83. The van der Waals surface area contributed by atoms with Crippen molar-refractivity contribution in [1.82, 2.24) is 13.2 Å². The SMILES string of the molecule is CC1(C)c2ccccc2-c2cc3c4cc(-c5cc6c(c7cccc8c9c%10oc%11ccccc%11c%10ccc9n6c87)c6oc7ccccc7c56)cc5c6cc7c(cc6n(c3cc21)c45)C(C)(C)c1cc(-c2cccc3c2oc2cc4c5cccc6c8cc9oc%10ccccc%10c9cc8n(c4cc23)c65)ccc1-7. The minimum Gasteiger partial charge on any atom is -0.456 e. The Morgan fingerprint density at radius 3 is 1.40 bits per heavy atom. The third-order valence-electron chi connectivity index (χ3n) is 25.4. The van der Waals surface area contributed by atoms with Crippen molar-refractivity contribution in [2.24, 2.45) is 0 Å². The molecule has 15 aromatic carbocycles. The van der Waals surface area contributed by atoms with Gasteiger partial charge in [-0.15, -0.1) is 0 Å². The van der Waals surface area contributed by atoms with Crippen LogP contribution in [0.1, 0.15) is 49.9 Å². The van der Waals surface area contributed by atoms with Crippen molar-refractivity contribution in [3.8, 4) is 44.5 Å². The molecule has 10 aromatic heterocycles. The zero-order chi connectivity index (χ0) is 66.8. The largest absolute Gasteiger partial charge is 0.456 e. The molecule has 0 amide bonds. The number of nitrogens with zero attached hydrogens (tertiary/aromatic N) is 3. The van der Waals surface area contributed by atoms with E-state index < -0.39 is 0 Å². The summed E-state index contributed by atoms with van der Waals surface area (Å²) >= 11 is 0. The molecule has 0 radical (unpaired) electrons. The zero-order valence-corrected chi connectivity index (χ0v) is 56.1. The van der Waals surface area contributed by atoms with Gasteiger partial charge in [-0.2, -0.15) is 0 Å². The number of hydrogen-bond donors (Lipinski definition) is 0. The molecule has 0 spiro atoms. The Balaban J connectivity index is 0.682. The van der Waals surface area contributed by atoms with E-state index in [2.05, 4.69) is 284 Å². The Morgan fingerprint density at radius 2 is 0.680 bits per heavy atom. The molecule has 0 N–H and O–H groups in total. The van der Waals surface area contributed by atoms with E-state index in [1.165, 1.54) is 137 Å². The monoisotopic (exact) mass is 1310 g/mol. The van der Waals surface area contributed by atoms with Gasteiger partial charge in [0.25, 0.3) is 0 Å². The number of hydrogen-bond acceptors (Lipinski definition) is 4. The second kappa shape index (κ2) is 17.2. The van der Waals surface area contributed by atoms with Crippen molar-refractivity contribution >= 4 is 202 Å². The molecule has 0 atom stereocenters. The van der Waals surface area contributed by atoms with Crippen LogP contribution in [-0.2, 0) is 10.8 Å². The second-order valence-electron chi connectivity index (χ2n) is 30.9. The lowest BCUT2D eigenvalue weighted by atomic mass is 9.81. The summed E-state index contributed by atoms with van der Waals surface area (Å²) in [6.45, 7) is 9.67. The summed E-state index contributed by atoms with van der Waals surface area (Å²) in [5, 5.41) is 23.4. The average molecular weight is 1310 g/mol. The minimum atomic E-state index is -0.349. The molecule has 27 rings (SSSR count). The van der Waals surface area contributed by atoms with Crippen LogP contribution in [0, 0.1) is 0 Å². The van der Waals surface area contributed by atoms with E-state index in [1.807, 2.05) is 6.07 Å². The molecule has 2 aliphatic rings. The predicted octanol–water partition coefficient (Wildman–Crippen LogP) is 26.7. The summed E-state index contributed by atoms with van der Waals surface area (Å²) in [7, 11) is 0. The Bertz CT molecular complexity index is 8370. The molecule has 0 saturated heterocycles. The van der Waals surface area contributed by atoms with Crippen LogP contribution >= 0.6 is 0 Å². The molecule has 0 unspecified atom stereocenters. The maximum absolute atomic E-state index is 7.27. The summed E-state index contributed by atoms with van der Waals surface area (Å²) in [6.07, 6.45) is 0. The lowest BCUT2D eigenvalue weighted by Crippen LogP contribution is -2.15.